The molecule has 0 aliphatic rings. The fourth-order valence-electron chi connectivity index (χ4n) is 2.24. The lowest BCUT2D eigenvalue weighted by Gasteiger charge is -2.32. The number of rotatable bonds is 4. The average Bonchev–Trinajstić information content (AvgIpc) is 2.42. The number of hydrogen-bond acceptors (Lipinski definition) is 1. The lowest BCUT2D eigenvalue weighted by molar-refractivity contribution is 0.406. The monoisotopic (exact) mass is 273 g/mol. The highest BCUT2D eigenvalue weighted by Gasteiger charge is 2.28. The van der Waals surface area contributed by atoms with Gasteiger partial charge in [-0.2, -0.15) is 0 Å². The summed E-state index contributed by atoms with van der Waals surface area (Å²) in [6.07, 6.45) is 0.779. The molecule has 0 radical (unpaired) electrons. The van der Waals surface area contributed by atoms with Crippen LogP contribution in [0.15, 0.2) is 54.6 Å². The maximum atomic E-state index is 6.43. The van der Waals surface area contributed by atoms with Gasteiger partial charge in [0.05, 0.1) is 0 Å². The van der Waals surface area contributed by atoms with Crippen LogP contribution < -0.4 is 5.73 Å². The van der Waals surface area contributed by atoms with Gasteiger partial charge in [-0.25, -0.2) is 0 Å². The molecular weight excluding hydrogens is 254 g/mol. The molecule has 0 heterocycles. The van der Waals surface area contributed by atoms with E-state index in [1.165, 1.54) is 5.56 Å². The van der Waals surface area contributed by atoms with E-state index in [2.05, 4.69) is 38.1 Å². The Morgan fingerprint density at radius 2 is 1.58 bits per heavy atom. The second-order valence-electron chi connectivity index (χ2n) is 5.49. The molecule has 2 N–H and O–H groups in total. The van der Waals surface area contributed by atoms with Crippen LogP contribution in [0.5, 0.6) is 0 Å². The van der Waals surface area contributed by atoms with Crippen LogP contribution in [-0.2, 0) is 11.8 Å². The second kappa shape index (κ2) is 5.77. The second-order valence-corrected chi connectivity index (χ2v) is 5.90. The maximum absolute atomic E-state index is 6.43. The highest BCUT2D eigenvalue weighted by molar-refractivity contribution is 6.31. The van der Waals surface area contributed by atoms with Crippen molar-refractivity contribution in [1.29, 1.82) is 0 Å². The van der Waals surface area contributed by atoms with E-state index in [1.807, 2.05) is 30.3 Å². The Kier molecular flexibility index (Phi) is 4.28. The Bertz CT molecular complexity index is 534. The summed E-state index contributed by atoms with van der Waals surface area (Å²) in [6, 6.07) is 18.3. The molecular formula is C17H20ClN. The first-order chi connectivity index (χ1) is 9.01. The Hall–Kier alpha value is -1.31. The Morgan fingerprint density at radius 1 is 1.00 bits per heavy atom. The van der Waals surface area contributed by atoms with Crippen LogP contribution in [-0.4, -0.2) is 6.04 Å². The summed E-state index contributed by atoms with van der Waals surface area (Å²) in [6.45, 7) is 4.37. The minimum absolute atomic E-state index is 0.0230. The van der Waals surface area contributed by atoms with Crippen molar-refractivity contribution in [2.45, 2.75) is 31.7 Å². The number of benzene rings is 2. The molecule has 0 spiro atoms. The molecule has 19 heavy (non-hydrogen) atoms. The molecule has 1 unspecified atom stereocenters. The molecule has 100 valence electrons. The molecule has 1 nitrogen and oxygen atoms in total. The van der Waals surface area contributed by atoms with Gasteiger partial charge in [0.25, 0.3) is 0 Å². The zero-order valence-corrected chi connectivity index (χ0v) is 12.2. The minimum atomic E-state index is -0.0829. The predicted molar refractivity (Wildman–Crippen MR) is 82.6 cm³/mol. The van der Waals surface area contributed by atoms with Crippen molar-refractivity contribution in [3.05, 3.63) is 70.7 Å². The molecule has 0 saturated heterocycles. The van der Waals surface area contributed by atoms with Crippen LogP contribution in [0.25, 0.3) is 0 Å². The normalized spacial score (nSPS) is 13.3. The predicted octanol–water partition coefficient (Wildman–Crippen LogP) is 4.19. The minimum Gasteiger partial charge on any atom is -0.327 e. The van der Waals surface area contributed by atoms with Gasteiger partial charge in [-0.15, -0.1) is 0 Å². The van der Waals surface area contributed by atoms with Crippen LogP contribution in [0.3, 0.4) is 0 Å². The van der Waals surface area contributed by atoms with E-state index in [9.17, 15) is 0 Å². The summed E-state index contributed by atoms with van der Waals surface area (Å²) in [5.74, 6) is 0. The van der Waals surface area contributed by atoms with Gasteiger partial charge >= 0.3 is 0 Å². The van der Waals surface area contributed by atoms with Crippen molar-refractivity contribution in [1.82, 2.24) is 0 Å². The summed E-state index contributed by atoms with van der Waals surface area (Å²) < 4.78 is 0. The molecule has 0 aliphatic heterocycles. The Balaban J connectivity index is 2.20. The molecule has 0 aromatic heterocycles. The van der Waals surface area contributed by atoms with Crippen molar-refractivity contribution in [3.8, 4) is 0 Å². The van der Waals surface area contributed by atoms with Crippen LogP contribution in [0.2, 0.25) is 5.02 Å². The highest BCUT2D eigenvalue weighted by Crippen LogP contribution is 2.29. The molecule has 0 bridgehead atoms. The highest BCUT2D eigenvalue weighted by atomic mass is 35.5. The summed E-state index contributed by atoms with van der Waals surface area (Å²) in [7, 11) is 0. The first-order valence-electron chi connectivity index (χ1n) is 6.56. The molecule has 2 heteroatoms. The zero-order chi connectivity index (χ0) is 13.9. The quantitative estimate of drug-likeness (QED) is 0.888. The van der Waals surface area contributed by atoms with E-state index in [-0.39, 0.29) is 11.5 Å². The van der Waals surface area contributed by atoms with Crippen molar-refractivity contribution in [2.75, 3.05) is 0 Å². The van der Waals surface area contributed by atoms with Crippen LogP contribution in [0.4, 0.5) is 0 Å². The van der Waals surface area contributed by atoms with Gasteiger partial charge in [0, 0.05) is 16.5 Å². The molecule has 0 saturated carbocycles. The lowest BCUT2D eigenvalue weighted by Crippen LogP contribution is -2.42. The summed E-state index contributed by atoms with van der Waals surface area (Å²) in [5.41, 5.74) is 8.71. The number of hydrogen-bond donors (Lipinski definition) is 1. The zero-order valence-electron chi connectivity index (χ0n) is 11.4. The first kappa shape index (κ1) is 14.1. The molecule has 0 amide bonds. The van der Waals surface area contributed by atoms with Crippen molar-refractivity contribution < 1.29 is 0 Å². The van der Waals surface area contributed by atoms with E-state index in [0.29, 0.717) is 0 Å². The van der Waals surface area contributed by atoms with E-state index in [1.54, 1.807) is 0 Å². The summed E-state index contributed by atoms with van der Waals surface area (Å²) in [4.78, 5) is 0. The Labute approximate surface area is 120 Å². The summed E-state index contributed by atoms with van der Waals surface area (Å²) >= 11 is 6.21. The average molecular weight is 274 g/mol. The van der Waals surface area contributed by atoms with E-state index in [0.717, 1.165) is 17.0 Å². The van der Waals surface area contributed by atoms with Crippen molar-refractivity contribution in [3.63, 3.8) is 0 Å². The topological polar surface area (TPSA) is 26.0 Å². The molecule has 0 aliphatic carbocycles. The molecule has 2 aromatic rings. The van der Waals surface area contributed by atoms with Crippen LogP contribution >= 0.6 is 11.6 Å². The molecule has 1 atom stereocenters. The van der Waals surface area contributed by atoms with Crippen LogP contribution in [0, 0.1) is 0 Å². The third-order valence-corrected chi connectivity index (χ3v) is 4.21. The fraction of sp³-hybridized carbons (Fsp3) is 0.294. The van der Waals surface area contributed by atoms with Gasteiger partial charge in [-0.1, -0.05) is 74.0 Å². The summed E-state index contributed by atoms with van der Waals surface area (Å²) in [5, 5.41) is 0.793. The van der Waals surface area contributed by atoms with Gasteiger partial charge in [0.1, 0.15) is 0 Å². The van der Waals surface area contributed by atoms with Gasteiger partial charge in [-0.3, -0.25) is 0 Å². The maximum Gasteiger partial charge on any atom is 0.0438 e. The molecule has 2 rings (SSSR count). The van der Waals surface area contributed by atoms with Gasteiger partial charge in [-0.05, 0) is 23.6 Å². The van der Waals surface area contributed by atoms with E-state index >= 15 is 0 Å². The van der Waals surface area contributed by atoms with E-state index < -0.39 is 0 Å². The standard InChI is InChI=1S/C17H20ClN/c1-17(2,14-9-4-3-5-10-14)16(19)12-13-8-6-7-11-15(13)18/h3-11,16H,12,19H2,1-2H3. The smallest absolute Gasteiger partial charge is 0.0438 e. The van der Waals surface area contributed by atoms with Gasteiger partial charge < -0.3 is 5.73 Å². The molecule has 0 fully saturated rings. The lowest BCUT2D eigenvalue weighted by atomic mass is 9.76. The van der Waals surface area contributed by atoms with Crippen molar-refractivity contribution >= 4 is 11.6 Å². The van der Waals surface area contributed by atoms with Crippen LogP contribution in [0.1, 0.15) is 25.0 Å². The number of nitrogens with two attached hydrogens (primary N) is 1. The first-order valence-corrected chi connectivity index (χ1v) is 6.94. The largest absolute Gasteiger partial charge is 0.327 e. The third kappa shape index (κ3) is 3.17. The van der Waals surface area contributed by atoms with Gasteiger partial charge in [0.15, 0.2) is 0 Å². The number of halogens is 1. The molecule has 2 aromatic carbocycles. The van der Waals surface area contributed by atoms with Crippen molar-refractivity contribution in [2.24, 2.45) is 5.73 Å². The third-order valence-electron chi connectivity index (χ3n) is 3.84. The van der Waals surface area contributed by atoms with Gasteiger partial charge in [0.2, 0.25) is 0 Å². The SMILES string of the molecule is CC(C)(c1ccccc1)C(N)Cc1ccccc1Cl. The fourth-order valence-corrected chi connectivity index (χ4v) is 2.45. The Morgan fingerprint density at radius 3 is 2.21 bits per heavy atom. The van der Waals surface area contributed by atoms with E-state index in [4.69, 9.17) is 17.3 Å².